The first kappa shape index (κ1) is 22.5. The van der Waals surface area contributed by atoms with Gasteiger partial charge in [-0.3, -0.25) is 14.5 Å². The predicted octanol–water partition coefficient (Wildman–Crippen LogP) is 3.85. The lowest BCUT2D eigenvalue weighted by Gasteiger charge is -2.48. The summed E-state index contributed by atoms with van der Waals surface area (Å²) in [6.07, 6.45) is 6.24. The van der Waals surface area contributed by atoms with E-state index < -0.39 is 0 Å². The predicted molar refractivity (Wildman–Crippen MR) is 130 cm³/mol. The standard InChI is InChI=1S/C28H32FN3O3/c29-21-9-7-18(8-10-21)20-15-31(16-20)24-4-1-2-6-26(24)35-22-11-12-23-19(14-22)17-32(28(23)34)25-5-3-13-30-27(25)33/h7-12,14,20,24-26H,1-6,13,15-17H2,(H,30,33)/t24-,25?,26-/m0/s1. The lowest BCUT2D eigenvalue weighted by atomic mass is 9.84. The summed E-state index contributed by atoms with van der Waals surface area (Å²) in [6.45, 7) is 3.11. The molecule has 2 aromatic rings. The Labute approximate surface area is 205 Å². The van der Waals surface area contributed by atoms with Crippen molar-refractivity contribution < 1.29 is 18.7 Å². The van der Waals surface area contributed by atoms with Gasteiger partial charge in [0, 0.05) is 43.7 Å². The molecule has 1 unspecified atom stereocenters. The maximum Gasteiger partial charge on any atom is 0.255 e. The quantitative estimate of drug-likeness (QED) is 0.711. The van der Waals surface area contributed by atoms with E-state index in [4.69, 9.17) is 4.74 Å². The van der Waals surface area contributed by atoms with Crippen molar-refractivity contribution in [1.29, 1.82) is 0 Å². The number of likely N-dealkylation sites (tertiary alicyclic amines) is 1. The Morgan fingerprint density at radius 1 is 0.943 bits per heavy atom. The smallest absolute Gasteiger partial charge is 0.255 e. The van der Waals surface area contributed by atoms with Crippen molar-refractivity contribution in [3.8, 4) is 5.75 Å². The number of ether oxygens (including phenoxy) is 1. The number of nitrogens with zero attached hydrogens (tertiary/aromatic N) is 2. The van der Waals surface area contributed by atoms with E-state index in [1.54, 1.807) is 17.0 Å². The van der Waals surface area contributed by atoms with Gasteiger partial charge in [-0.1, -0.05) is 18.6 Å². The van der Waals surface area contributed by atoms with E-state index >= 15 is 0 Å². The van der Waals surface area contributed by atoms with Gasteiger partial charge in [0.25, 0.3) is 5.91 Å². The fraction of sp³-hybridized carbons (Fsp3) is 0.500. The summed E-state index contributed by atoms with van der Waals surface area (Å²) in [4.78, 5) is 29.5. The Morgan fingerprint density at radius 2 is 1.74 bits per heavy atom. The molecule has 184 valence electrons. The summed E-state index contributed by atoms with van der Waals surface area (Å²) in [6, 6.07) is 12.7. The number of fused-ring (bicyclic) bond motifs is 1. The fourth-order valence-corrected chi connectivity index (χ4v) is 6.23. The molecule has 3 aliphatic heterocycles. The summed E-state index contributed by atoms with van der Waals surface area (Å²) < 4.78 is 19.8. The highest BCUT2D eigenvalue weighted by Gasteiger charge is 2.40. The average molecular weight is 478 g/mol. The molecule has 6 nitrogen and oxygen atoms in total. The minimum absolute atomic E-state index is 0.0487. The molecule has 3 atom stereocenters. The lowest BCUT2D eigenvalue weighted by Crippen LogP contribution is -2.57. The Hall–Kier alpha value is -2.93. The molecule has 1 N–H and O–H groups in total. The number of carbonyl (C=O) groups excluding carboxylic acids is 2. The van der Waals surface area contributed by atoms with Crippen LogP contribution in [0.2, 0.25) is 0 Å². The number of hydrogen-bond donors (Lipinski definition) is 1. The number of hydrogen-bond acceptors (Lipinski definition) is 4. The van der Waals surface area contributed by atoms with Crippen LogP contribution in [0.15, 0.2) is 42.5 Å². The van der Waals surface area contributed by atoms with Crippen molar-refractivity contribution in [2.45, 2.75) is 69.2 Å². The molecule has 0 bridgehead atoms. The molecule has 3 fully saturated rings. The number of carbonyl (C=O) groups is 2. The number of amides is 2. The van der Waals surface area contributed by atoms with Gasteiger partial charge in [0.2, 0.25) is 5.91 Å². The van der Waals surface area contributed by atoms with Gasteiger partial charge in [-0.05, 0) is 73.6 Å². The van der Waals surface area contributed by atoms with E-state index in [-0.39, 0.29) is 29.8 Å². The van der Waals surface area contributed by atoms with Crippen LogP contribution in [0.5, 0.6) is 5.75 Å². The zero-order valence-electron chi connectivity index (χ0n) is 19.9. The average Bonchev–Trinajstić information content (AvgIpc) is 3.16. The van der Waals surface area contributed by atoms with Crippen LogP contribution in [0.4, 0.5) is 4.39 Å². The molecule has 0 aromatic heterocycles. The molecular formula is C28H32FN3O3. The van der Waals surface area contributed by atoms with E-state index in [1.165, 1.54) is 12.0 Å². The largest absolute Gasteiger partial charge is 0.489 e. The normalized spacial score (nSPS) is 27.3. The maximum atomic E-state index is 13.3. The number of halogens is 1. The Bertz CT molecular complexity index is 1110. The van der Waals surface area contributed by atoms with E-state index in [2.05, 4.69) is 10.2 Å². The minimum atomic E-state index is -0.379. The van der Waals surface area contributed by atoms with Crippen LogP contribution in [0.1, 0.15) is 65.9 Å². The molecule has 35 heavy (non-hydrogen) atoms. The maximum absolute atomic E-state index is 13.3. The first-order valence-corrected chi connectivity index (χ1v) is 12.9. The second kappa shape index (κ2) is 9.26. The third kappa shape index (κ3) is 4.31. The number of nitrogens with one attached hydrogen (secondary N) is 1. The Balaban J connectivity index is 1.12. The highest BCUT2D eigenvalue weighted by atomic mass is 19.1. The molecule has 1 saturated carbocycles. The highest BCUT2D eigenvalue weighted by molar-refractivity contribution is 6.01. The summed E-state index contributed by atoms with van der Waals surface area (Å²) in [7, 11) is 0. The van der Waals surface area contributed by atoms with Crippen LogP contribution < -0.4 is 10.1 Å². The van der Waals surface area contributed by atoms with Crippen LogP contribution >= 0.6 is 0 Å². The van der Waals surface area contributed by atoms with E-state index in [0.717, 1.165) is 50.1 Å². The van der Waals surface area contributed by atoms with Crippen LogP contribution in [0.3, 0.4) is 0 Å². The van der Waals surface area contributed by atoms with Crippen molar-refractivity contribution in [1.82, 2.24) is 15.1 Å². The van der Waals surface area contributed by atoms with E-state index in [0.29, 0.717) is 37.0 Å². The van der Waals surface area contributed by atoms with Gasteiger partial charge < -0.3 is 15.0 Å². The number of piperidine rings is 1. The molecule has 1 aliphatic carbocycles. The van der Waals surface area contributed by atoms with E-state index in [1.807, 2.05) is 30.3 Å². The SMILES string of the molecule is O=C1NCCCC1N1Cc2cc(O[C@H]3CCCC[C@@H]3N3CC(c4ccc(F)cc4)C3)ccc2C1=O. The lowest BCUT2D eigenvalue weighted by molar-refractivity contribution is -0.127. The van der Waals surface area contributed by atoms with Crippen LogP contribution in [-0.2, 0) is 11.3 Å². The van der Waals surface area contributed by atoms with Gasteiger partial charge in [0.05, 0.1) is 0 Å². The molecule has 3 heterocycles. The molecule has 2 amide bonds. The first-order chi connectivity index (χ1) is 17.1. The summed E-state index contributed by atoms with van der Waals surface area (Å²) in [5.74, 6) is 0.960. The topological polar surface area (TPSA) is 61.9 Å². The van der Waals surface area contributed by atoms with Crippen LogP contribution in [0, 0.1) is 5.82 Å². The summed E-state index contributed by atoms with van der Waals surface area (Å²) >= 11 is 0. The third-order valence-corrected chi connectivity index (χ3v) is 8.22. The minimum Gasteiger partial charge on any atom is -0.489 e. The molecule has 7 heteroatoms. The molecule has 2 saturated heterocycles. The number of benzene rings is 2. The Morgan fingerprint density at radius 3 is 2.54 bits per heavy atom. The summed E-state index contributed by atoms with van der Waals surface area (Å²) in [5, 5.41) is 2.89. The van der Waals surface area contributed by atoms with Gasteiger partial charge in [0.15, 0.2) is 0 Å². The molecule has 0 radical (unpaired) electrons. The monoisotopic (exact) mass is 477 g/mol. The van der Waals surface area contributed by atoms with Gasteiger partial charge in [-0.2, -0.15) is 0 Å². The zero-order valence-corrected chi connectivity index (χ0v) is 19.9. The molecule has 0 spiro atoms. The van der Waals surface area contributed by atoms with Crippen molar-refractivity contribution >= 4 is 11.8 Å². The van der Waals surface area contributed by atoms with Gasteiger partial charge in [-0.25, -0.2) is 4.39 Å². The molecule has 6 rings (SSSR count). The molecule has 2 aromatic carbocycles. The van der Waals surface area contributed by atoms with Gasteiger partial charge in [-0.15, -0.1) is 0 Å². The zero-order chi connectivity index (χ0) is 23.9. The first-order valence-electron chi connectivity index (χ1n) is 12.9. The van der Waals surface area contributed by atoms with Crippen molar-refractivity contribution in [2.24, 2.45) is 0 Å². The van der Waals surface area contributed by atoms with Crippen molar-refractivity contribution in [3.05, 3.63) is 65.0 Å². The van der Waals surface area contributed by atoms with Gasteiger partial charge >= 0.3 is 0 Å². The highest BCUT2D eigenvalue weighted by Crippen LogP contribution is 2.36. The third-order valence-electron chi connectivity index (χ3n) is 8.22. The second-order valence-electron chi connectivity index (χ2n) is 10.4. The van der Waals surface area contributed by atoms with Crippen LogP contribution in [0.25, 0.3) is 0 Å². The Kier molecular flexibility index (Phi) is 5.96. The molecule has 4 aliphatic rings. The van der Waals surface area contributed by atoms with E-state index in [9.17, 15) is 14.0 Å². The van der Waals surface area contributed by atoms with Gasteiger partial charge in [0.1, 0.15) is 23.7 Å². The second-order valence-corrected chi connectivity index (χ2v) is 10.4. The van der Waals surface area contributed by atoms with Crippen molar-refractivity contribution in [2.75, 3.05) is 19.6 Å². The number of rotatable bonds is 5. The van der Waals surface area contributed by atoms with Crippen molar-refractivity contribution in [3.63, 3.8) is 0 Å². The summed E-state index contributed by atoms with van der Waals surface area (Å²) in [5.41, 5.74) is 2.83. The fourth-order valence-electron chi connectivity index (χ4n) is 6.23. The molecular weight excluding hydrogens is 445 g/mol. The van der Waals surface area contributed by atoms with Crippen LogP contribution in [-0.4, -0.2) is 59.4 Å².